The van der Waals surface area contributed by atoms with Gasteiger partial charge in [-0.15, -0.1) is 11.3 Å². The monoisotopic (exact) mass is 359 g/mol. The number of carbonyl (C=O) groups is 1. The highest BCUT2D eigenvalue weighted by atomic mass is 32.1. The number of esters is 1. The molecule has 0 radical (unpaired) electrons. The normalized spacial score (nSPS) is 10.6. The molecule has 0 aliphatic carbocycles. The number of nitrogens with one attached hydrogen (secondary N) is 1. The Balaban J connectivity index is 2.02. The van der Waals surface area contributed by atoms with Crippen LogP contribution in [0.3, 0.4) is 0 Å². The number of unbranched alkanes of at least 4 members (excludes halogenated alkanes) is 5. The molecule has 0 aliphatic heterocycles. The molecule has 0 amide bonds. The second-order valence-electron chi connectivity index (χ2n) is 6.13. The lowest BCUT2D eigenvalue weighted by atomic mass is 10.0. The minimum atomic E-state index is -0.243. The lowest BCUT2D eigenvalue weighted by molar-refractivity contribution is 0.0529. The first kappa shape index (κ1) is 19.5. The average Bonchev–Trinajstić information content (AvgIpc) is 3.06. The van der Waals surface area contributed by atoms with Crippen LogP contribution in [-0.4, -0.2) is 19.1 Å². The van der Waals surface area contributed by atoms with Crippen LogP contribution in [0.2, 0.25) is 0 Å². The van der Waals surface area contributed by atoms with Gasteiger partial charge in [0.1, 0.15) is 10.6 Å². The molecule has 0 bridgehead atoms. The maximum absolute atomic E-state index is 12.5. The molecule has 25 heavy (non-hydrogen) atoms. The van der Waals surface area contributed by atoms with Gasteiger partial charge in [0, 0.05) is 17.5 Å². The first-order valence-corrected chi connectivity index (χ1v) is 10.2. The molecule has 0 saturated carbocycles. The Hall–Kier alpha value is -1.81. The third-order valence-electron chi connectivity index (χ3n) is 4.17. The van der Waals surface area contributed by atoms with Crippen molar-refractivity contribution in [3.63, 3.8) is 0 Å². The van der Waals surface area contributed by atoms with E-state index in [1.165, 1.54) is 32.1 Å². The second kappa shape index (κ2) is 10.9. The van der Waals surface area contributed by atoms with Crippen LogP contribution in [0.4, 0.5) is 5.00 Å². The predicted octanol–water partition coefficient (Wildman–Crippen LogP) is 6.36. The van der Waals surface area contributed by atoms with Crippen molar-refractivity contribution in [1.29, 1.82) is 0 Å². The van der Waals surface area contributed by atoms with Crippen molar-refractivity contribution in [3.8, 4) is 11.1 Å². The van der Waals surface area contributed by atoms with Crippen LogP contribution in [0.5, 0.6) is 0 Å². The maximum Gasteiger partial charge on any atom is 0.341 e. The highest BCUT2D eigenvalue weighted by Gasteiger charge is 2.21. The molecule has 1 N–H and O–H groups in total. The Kier molecular flexibility index (Phi) is 8.53. The minimum Gasteiger partial charge on any atom is -0.462 e. The van der Waals surface area contributed by atoms with E-state index in [0.29, 0.717) is 12.2 Å². The topological polar surface area (TPSA) is 38.3 Å². The number of hydrogen-bond acceptors (Lipinski definition) is 4. The van der Waals surface area contributed by atoms with E-state index >= 15 is 0 Å². The van der Waals surface area contributed by atoms with E-state index in [4.69, 9.17) is 4.74 Å². The van der Waals surface area contributed by atoms with E-state index in [1.807, 2.05) is 42.6 Å². The maximum atomic E-state index is 12.5. The summed E-state index contributed by atoms with van der Waals surface area (Å²) < 4.78 is 5.29. The third kappa shape index (κ3) is 5.89. The summed E-state index contributed by atoms with van der Waals surface area (Å²) in [6.45, 7) is 5.36. The van der Waals surface area contributed by atoms with E-state index in [-0.39, 0.29) is 5.97 Å². The van der Waals surface area contributed by atoms with E-state index in [9.17, 15) is 4.79 Å². The van der Waals surface area contributed by atoms with Gasteiger partial charge >= 0.3 is 5.97 Å². The van der Waals surface area contributed by atoms with Crippen molar-refractivity contribution < 1.29 is 9.53 Å². The van der Waals surface area contributed by atoms with Gasteiger partial charge in [0.25, 0.3) is 0 Å². The molecular weight excluding hydrogens is 330 g/mol. The smallest absolute Gasteiger partial charge is 0.341 e. The van der Waals surface area contributed by atoms with Gasteiger partial charge in [-0.05, 0) is 18.9 Å². The Morgan fingerprint density at radius 1 is 1.04 bits per heavy atom. The summed E-state index contributed by atoms with van der Waals surface area (Å²) in [5.41, 5.74) is 2.67. The highest BCUT2D eigenvalue weighted by Crippen LogP contribution is 2.36. The van der Waals surface area contributed by atoms with Gasteiger partial charge in [-0.1, -0.05) is 69.4 Å². The van der Waals surface area contributed by atoms with Crippen LogP contribution in [0.1, 0.15) is 62.7 Å². The van der Waals surface area contributed by atoms with E-state index in [0.717, 1.165) is 29.1 Å². The van der Waals surface area contributed by atoms with Crippen LogP contribution >= 0.6 is 11.3 Å². The van der Waals surface area contributed by atoms with Gasteiger partial charge in [0.2, 0.25) is 0 Å². The lowest BCUT2D eigenvalue weighted by Crippen LogP contribution is -2.09. The summed E-state index contributed by atoms with van der Waals surface area (Å²) in [6.07, 6.45) is 7.58. The number of anilines is 1. The zero-order valence-corrected chi connectivity index (χ0v) is 16.2. The summed E-state index contributed by atoms with van der Waals surface area (Å²) in [6, 6.07) is 10.0. The lowest BCUT2D eigenvalue weighted by Gasteiger charge is -2.09. The molecule has 3 nitrogen and oxygen atoms in total. The number of hydrogen-bond donors (Lipinski definition) is 1. The van der Waals surface area contributed by atoms with Gasteiger partial charge in [-0.2, -0.15) is 0 Å². The molecule has 0 saturated heterocycles. The number of ether oxygens (including phenoxy) is 1. The van der Waals surface area contributed by atoms with Gasteiger partial charge in [0.05, 0.1) is 6.61 Å². The number of benzene rings is 1. The molecule has 0 fully saturated rings. The number of thiophene rings is 1. The van der Waals surface area contributed by atoms with Crippen molar-refractivity contribution in [3.05, 3.63) is 41.3 Å². The Labute approximate surface area is 155 Å². The van der Waals surface area contributed by atoms with E-state index < -0.39 is 0 Å². The first-order valence-electron chi connectivity index (χ1n) is 9.35. The van der Waals surface area contributed by atoms with Crippen molar-refractivity contribution >= 4 is 22.3 Å². The number of carbonyl (C=O) groups excluding carboxylic acids is 1. The molecule has 136 valence electrons. The van der Waals surface area contributed by atoms with Crippen LogP contribution in [-0.2, 0) is 4.74 Å². The van der Waals surface area contributed by atoms with E-state index in [2.05, 4.69) is 12.2 Å². The van der Waals surface area contributed by atoms with E-state index in [1.54, 1.807) is 11.3 Å². The summed E-state index contributed by atoms with van der Waals surface area (Å²) in [4.78, 5) is 12.5. The Morgan fingerprint density at radius 2 is 1.76 bits per heavy atom. The second-order valence-corrected chi connectivity index (χ2v) is 7.01. The van der Waals surface area contributed by atoms with Crippen LogP contribution < -0.4 is 5.32 Å². The first-order chi connectivity index (χ1) is 12.3. The quantitative estimate of drug-likeness (QED) is 0.374. The summed E-state index contributed by atoms with van der Waals surface area (Å²) in [5, 5.41) is 6.42. The zero-order chi connectivity index (χ0) is 17.9. The summed E-state index contributed by atoms with van der Waals surface area (Å²) in [7, 11) is 0. The molecule has 1 heterocycles. The highest BCUT2D eigenvalue weighted by molar-refractivity contribution is 7.15. The molecule has 0 unspecified atom stereocenters. The fourth-order valence-corrected chi connectivity index (χ4v) is 3.82. The van der Waals surface area contributed by atoms with Gasteiger partial charge in [0.15, 0.2) is 0 Å². The Bertz CT molecular complexity index is 637. The van der Waals surface area contributed by atoms with Gasteiger partial charge in [-0.25, -0.2) is 4.79 Å². The van der Waals surface area contributed by atoms with Crippen LogP contribution in [0, 0.1) is 0 Å². The Morgan fingerprint density at radius 3 is 2.48 bits per heavy atom. The predicted molar refractivity (Wildman–Crippen MR) is 108 cm³/mol. The average molecular weight is 360 g/mol. The fraction of sp³-hybridized carbons (Fsp3) is 0.476. The minimum absolute atomic E-state index is 0.243. The molecule has 0 atom stereocenters. The van der Waals surface area contributed by atoms with Gasteiger partial charge < -0.3 is 10.1 Å². The molecule has 1 aromatic carbocycles. The zero-order valence-electron chi connectivity index (χ0n) is 15.3. The standard InChI is InChI=1S/C21H29NO2S/c1-3-5-6-7-8-12-15-22-20-19(21(23)24-4-2)18(16-25-20)17-13-10-9-11-14-17/h9-11,13-14,16,22H,3-8,12,15H2,1-2H3. The van der Waals surface area contributed by atoms with Crippen LogP contribution in [0.15, 0.2) is 35.7 Å². The van der Waals surface area contributed by atoms with Crippen molar-refractivity contribution in [2.24, 2.45) is 0 Å². The SMILES string of the molecule is CCCCCCCCNc1scc(-c2ccccc2)c1C(=O)OCC. The number of rotatable bonds is 11. The molecule has 0 spiro atoms. The fourth-order valence-electron chi connectivity index (χ4n) is 2.83. The largest absolute Gasteiger partial charge is 0.462 e. The molecule has 1 aromatic heterocycles. The summed E-state index contributed by atoms with van der Waals surface area (Å²) >= 11 is 1.59. The third-order valence-corrected chi connectivity index (χ3v) is 5.11. The molecule has 0 aliphatic rings. The molecule has 2 aromatic rings. The molecular formula is C21H29NO2S. The molecule has 2 rings (SSSR count). The van der Waals surface area contributed by atoms with Crippen molar-refractivity contribution in [2.45, 2.75) is 52.4 Å². The van der Waals surface area contributed by atoms with Crippen molar-refractivity contribution in [1.82, 2.24) is 0 Å². The summed E-state index contributed by atoms with van der Waals surface area (Å²) in [5.74, 6) is -0.243. The van der Waals surface area contributed by atoms with Crippen LogP contribution in [0.25, 0.3) is 11.1 Å². The van der Waals surface area contributed by atoms with Crippen molar-refractivity contribution in [2.75, 3.05) is 18.5 Å². The van der Waals surface area contributed by atoms with Gasteiger partial charge in [-0.3, -0.25) is 0 Å². The molecule has 4 heteroatoms.